The van der Waals surface area contributed by atoms with Crippen molar-refractivity contribution in [3.8, 4) is 0 Å². The first kappa shape index (κ1) is 24.1. The number of likely N-dealkylation sites (tertiary alicyclic amines) is 1. The number of halogens is 1. The first-order valence-corrected chi connectivity index (χ1v) is 13.9. The summed E-state index contributed by atoms with van der Waals surface area (Å²) in [5.41, 5.74) is 2.18. The van der Waals surface area contributed by atoms with Crippen LogP contribution in [-0.4, -0.2) is 68.8 Å². The molecule has 3 aliphatic rings. The van der Waals surface area contributed by atoms with Crippen LogP contribution in [0.1, 0.15) is 29.9 Å². The molecule has 1 amide bonds. The predicted octanol–water partition coefficient (Wildman–Crippen LogP) is 2.44. The van der Waals surface area contributed by atoms with E-state index in [2.05, 4.69) is 5.32 Å². The minimum absolute atomic E-state index is 0.0673. The molecule has 0 radical (unpaired) electrons. The predicted molar refractivity (Wildman–Crippen MR) is 133 cm³/mol. The Kier molecular flexibility index (Phi) is 6.05. The number of nitrogens with zero attached hydrogens (tertiary/aromatic N) is 2. The quantitative estimate of drug-likeness (QED) is 0.645. The lowest BCUT2D eigenvalue weighted by atomic mass is 9.74. The molecule has 2 saturated heterocycles. The van der Waals surface area contributed by atoms with E-state index in [0.29, 0.717) is 37.5 Å². The molecule has 0 aromatic heterocycles. The van der Waals surface area contributed by atoms with Crippen molar-refractivity contribution in [1.82, 2.24) is 10.2 Å². The lowest BCUT2D eigenvalue weighted by Crippen LogP contribution is -2.50. The zero-order chi connectivity index (χ0) is 25.0. The molecule has 0 saturated carbocycles. The highest BCUT2D eigenvalue weighted by atomic mass is 35.5. The number of sulfonamides is 1. The van der Waals surface area contributed by atoms with Crippen molar-refractivity contribution < 1.29 is 23.1 Å². The van der Waals surface area contributed by atoms with Gasteiger partial charge < -0.3 is 15.3 Å². The number of para-hydroxylation sites is 1. The summed E-state index contributed by atoms with van der Waals surface area (Å²) in [6.07, 6.45) is 2.52. The zero-order valence-electron chi connectivity index (χ0n) is 19.4. The Labute approximate surface area is 209 Å². The number of fused-ring (bicyclic) bond motifs is 2. The molecule has 1 spiro atoms. The normalized spacial score (nSPS) is 25.6. The fourth-order valence-electron chi connectivity index (χ4n) is 6.03. The molecule has 3 heterocycles. The molecule has 35 heavy (non-hydrogen) atoms. The monoisotopic (exact) mass is 517 g/mol. The van der Waals surface area contributed by atoms with Gasteiger partial charge in [-0.2, -0.15) is 0 Å². The van der Waals surface area contributed by atoms with Gasteiger partial charge in [0.25, 0.3) is 0 Å². The van der Waals surface area contributed by atoms with E-state index in [4.69, 9.17) is 11.6 Å². The van der Waals surface area contributed by atoms with Crippen LogP contribution in [0.5, 0.6) is 0 Å². The van der Waals surface area contributed by atoms with Crippen LogP contribution in [0.15, 0.2) is 48.5 Å². The van der Waals surface area contributed by atoms with Crippen LogP contribution in [0, 0.1) is 5.92 Å². The number of carbonyl (C=O) groups is 2. The third-order valence-electron chi connectivity index (χ3n) is 7.81. The summed E-state index contributed by atoms with van der Waals surface area (Å²) in [7, 11) is -3.41. The molecule has 0 unspecified atom stereocenters. The number of carbonyl (C=O) groups excluding carboxylic acids is 1. The number of hydrogen-bond acceptors (Lipinski definition) is 5. The highest BCUT2D eigenvalue weighted by molar-refractivity contribution is 7.92. The first-order chi connectivity index (χ1) is 16.6. The van der Waals surface area contributed by atoms with Gasteiger partial charge in [0, 0.05) is 42.5 Å². The number of rotatable bonds is 4. The maximum absolute atomic E-state index is 13.7. The minimum atomic E-state index is -3.41. The summed E-state index contributed by atoms with van der Waals surface area (Å²) in [6.45, 7) is 1.65. The van der Waals surface area contributed by atoms with Crippen LogP contribution in [-0.2, 0) is 25.0 Å². The summed E-state index contributed by atoms with van der Waals surface area (Å²) in [4.78, 5) is 27.4. The second-order valence-electron chi connectivity index (χ2n) is 9.80. The second-order valence-corrected chi connectivity index (χ2v) is 12.1. The zero-order valence-corrected chi connectivity index (χ0v) is 20.9. The molecule has 10 heteroatoms. The molecule has 3 atom stereocenters. The number of nitrogens with one attached hydrogen (secondary N) is 1. The minimum Gasteiger partial charge on any atom is -0.480 e. The van der Waals surface area contributed by atoms with Crippen LogP contribution in [0.2, 0.25) is 5.02 Å². The van der Waals surface area contributed by atoms with Crippen molar-refractivity contribution in [2.45, 2.75) is 30.2 Å². The average Bonchev–Trinajstić information content (AvgIpc) is 3.41. The standard InChI is InChI=1S/C25H28ClN3O5S/c1-35(33,34)29-15-25(19-4-2-3-5-20(19)29)10-12-28(13-11-25)23(30)18-14-27-22(24(31)32)21(18)16-6-8-17(26)9-7-16/h2-9,18,21-22,27H,10-15H2,1H3,(H,31,32)/t18-,21+,22+/m1/s1. The molecule has 2 aromatic rings. The number of anilines is 1. The number of carboxylic acids is 1. The van der Waals surface area contributed by atoms with Crippen molar-refractivity contribution in [3.05, 3.63) is 64.7 Å². The number of carboxylic acid groups (broad SMARTS) is 1. The van der Waals surface area contributed by atoms with Gasteiger partial charge in [-0.3, -0.25) is 13.9 Å². The van der Waals surface area contributed by atoms with E-state index in [1.165, 1.54) is 10.6 Å². The van der Waals surface area contributed by atoms with Crippen LogP contribution in [0.25, 0.3) is 0 Å². The van der Waals surface area contributed by atoms with E-state index in [-0.39, 0.29) is 17.9 Å². The molecule has 2 N–H and O–H groups in total. The van der Waals surface area contributed by atoms with Gasteiger partial charge in [0.1, 0.15) is 6.04 Å². The van der Waals surface area contributed by atoms with E-state index in [1.807, 2.05) is 29.2 Å². The van der Waals surface area contributed by atoms with Crippen LogP contribution in [0.3, 0.4) is 0 Å². The Hall–Kier alpha value is -2.62. The van der Waals surface area contributed by atoms with Gasteiger partial charge in [0.15, 0.2) is 0 Å². The molecule has 2 fully saturated rings. The van der Waals surface area contributed by atoms with Gasteiger partial charge in [-0.25, -0.2) is 8.42 Å². The molecular weight excluding hydrogens is 490 g/mol. The number of aliphatic carboxylic acids is 1. The van der Waals surface area contributed by atoms with Crippen molar-refractivity contribution in [1.29, 1.82) is 0 Å². The Morgan fingerprint density at radius 3 is 2.37 bits per heavy atom. The largest absolute Gasteiger partial charge is 0.480 e. The first-order valence-electron chi connectivity index (χ1n) is 11.7. The fourth-order valence-corrected chi connectivity index (χ4v) is 7.15. The van der Waals surface area contributed by atoms with Crippen molar-refractivity contribution in [2.75, 3.05) is 36.7 Å². The van der Waals surface area contributed by atoms with E-state index < -0.39 is 33.9 Å². The molecule has 8 nitrogen and oxygen atoms in total. The van der Waals surface area contributed by atoms with E-state index in [0.717, 1.165) is 16.8 Å². The van der Waals surface area contributed by atoms with Crippen molar-refractivity contribution in [3.63, 3.8) is 0 Å². The van der Waals surface area contributed by atoms with Gasteiger partial charge in [-0.15, -0.1) is 0 Å². The lowest BCUT2D eigenvalue weighted by molar-refractivity contribution is -0.140. The maximum atomic E-state index is 13.7. The Morgan fingerprint density at radius 2 is 1.74 bits per heavy atom. The van der Waals surface area contributed by atoms with Gasteiger partial charge in [-0.1, -0.05) is 41.9 Å². The SMILES string of the molecule is CS(=O)(=O)N1CC2(CCN(C(=O)[C@@H]3CN[C@H](C(=O)O)[C@H]3c3ccc(Cl)cc3)CC2)c2ccccc21. The molecule has 2 aromatic carbocycles. The highest BCUT2D eigenvalue weighted by Crippen LogP contribution is 2.48. The second kappa shape index (κ2) is 8.80. The summed E-state index contributed by atoms with van der Waals surface area (Å²) >= 11 is 6.02. The molecule has 0 aliphatic carbocycles. The molecule has 3 aliphatic heterocycles. The van der Waals surface area contributed by atoms with Crippen LogP contribution >= 0.6 is 11.6 Å². The molecule has 186 valence electrons. The fraction of sp³-hybridized carbons (Fsp3) is 0.440. The third kappa shape index (κ3) is 4.19. The van der Waals surface area contributed by atoms with E-state index in [9.17, 15) is 23.1 Å². The van der Waals surface area contributed by atoms with Crippen molar-refractivity contribution in [2.24, 2.45) is 5.92 Å². The molecule has 5 rings (SSSR count). The average molecular weight is 518 g/mol. The third-order valence-corrected chi connectivity index (χ3v) is 9.19. The van der Waals surface area contributed by atoms with Gasteiger partial charge in [-0.05, 0) is 42.2 Å². The summed E-state index contributed by atoms with van der Waals surface area (Å²) in [5, 5.41) is 13.3. The Bertz CT molecular complexity index is 1260. The van der Waals surface area contributed by atoms with Crippen LogP contribution < -0.4 is 9.62 Å². The summed E-state index contributed by atoms with van der Waals surface area (Å²) in [5.74, 6) is -2.06. The van der Waals surface area contributed by atoms with E-state index >= 15 is 0 Å². The summed E-state index contributed by atoms with van der Waals surface area (Å²) < 4.78 is 26.4. The van der Waals surface area contributed by atoms with Gasteiger partial charge in [0.05, 0.1) is 17.9 Å². The van der Waals surface area contributed by atoms with Crippen LogP contribution in [0.4, 0.5) is 5.69 Å². The molecular formula is C25H28ClN3O5S. The number of benzene rings is 2. The maximum Gasteiger partial charge on any atom is 0.321 e. The molecule has 0 bridgehead atoms. The van der Waals surface area contributed by atoms with Gasteiger partial charge >= 0.3 is 5.97 Å². The number of hydrogen-bond donors (Lipinski definition) is 2. The topological polar surface area (TPSA) is 107 Å². The van der Waals surface area contributed by atoms with Gasteiger partial charge in [0.2, 0.25) is 15.9 Å². The smallest absolute Gasteiger partial charge is 0.321 e. The summed E-state index contributed by atoms with van der Waals surface area (Å²) in [6, 6.07) is 13.8. The Morgan fingerprint density at radius 1 is 1.09 bits per heavy atom. The number of piperidine rings is 1. The lowest BCUT2D eigenvalue weighted by Gasteiger charge is -2.41. The Balaban J connectivity index is 1.36. The van der Waals surface area contributed by atoms with E-state index in [1.54, 1.807) is 24.3 Å². The van der Waals surface area contributed by atoms with Crippen molar-refractivity contribution >= 4 is 39.2 Å². The highest BCUT2D eigenvalue weighted by Gasteiger charge is 2.50. The number of amides is 1.